The lowest BCUT2D eigenvalue weighted by Crippen LogP contribution is -2.31. The average Bonchev–Trinajstić information content (AvgIpc) is 2.88. The highest BCUT2D eigenvalue weighted by atomic mass is 32.2. The summed E-state index contributed by atoms with van der Waals surface area (Å²) in [6, 6.07) is 0. The molecule has 1 aromatic rings. The van der Waals surface area contributed by atoms with E-state index in [2.05, 4.69) is 23.6 Å². The molecule has 0 bridgehead atoms. The van der Waals surface area contributed by atoms with Crippen LogP contribution in [-0.2, 0) is 16.6 Å². The molecule has 0 spiro atoms. The average molecular weight is 298 g/mol. The highest BCUT2D eigenvalue weighted by Gasteiger charge is 2.23. The molecule has 0 aliphatic carbocycles. The van der Waals surface area contributed by atoms with E-state index in [1.807, 2.05) is 6.92 Å². The van der Waals surface area contributed by atoms with Gasteiger partial charge in [0.05, 0.1) is 12.7 Å². The van der Waals surface area contributed by atoms with E-state index in [0.717, 1.165) is 13.1 Å². The maximum atomic E-state index is 12.4. The van der Waals surface area contributed by atoms with E-state index in [4.69, 9.17) is 0 Å². The summed E-state index contributed by atoms with van der Waals surface area (Å²) in [5, 5.41) is 7.24. The Hall–Kier alpha value is -1.44. The first-order valence-corrected chi connectivity index (χ1v) is 7.95. The topological polar surface area (TPSA) is 67.2 Å². The van der Waals surface area contributed by atoms with Crippen molar-refractivity contribution in [2.75, 3.05) is 26.2 Å². The molecule has 0 atom stereocenters. The summed E-state index contributed by atoms with van der Waals surface area (Å²) in [6.45, 7) is 11.9. The maximum absolute atomic E-state index is 12.4. The Morgan fingerprint density at radius 2 is 2.05 bits per heavy atom. The summed E-state index contributed by atoms with van der Waals surface area (Å²) < 4.78 is 27.8. The van der Waals surface area contributed by atoms with Gasteiger partial charge in [-0.3, -0.25) is 4.68 Å². The van der Waals surface area contributed by atoms with Crippen LogP contribution in [0.15, 0.2) is 42.6 Å². The second-order valence-electron chi connectivity index (χ2n) is 4.19. The van der Waals surface area contributed by atoms with E-state index < -0.39 is 10.0 Å². The summed E-state index contributed by atoms with van der Waals surface area (Å²) in [6.07, 6.45) is 6.03. The van der Waals surface area contributed by atoms with E-state index in [1.54, 1.807) is 23.0 Å². The second kappa shape index (κ2) is 7.98. The van der Waals surface area contributed by atoms with Crippen LogP contribution in [0, 0.1) is 0 Å². The fraction of sp³-hybridized carbons (Fsp3) is 0.462. The highest BCUT2D eigenvalue weighted by Crippen LogP contribution is 2.14. The monoisotopic (exact) mass is 298 g/mol. The molecule has 1 aromatic heterocycles. The third-order valence-electron chi connectivity index (χ3n) is 2.68. The molecule has 0 aromatic carbocycles. The van der Waals surface area contributed by atoms with Crippen LogP contribution in [0.1, 0.15) is 6.92 Å². The number of likely N-dealkylation sites (N-methyl/N-ethyl adjacent to an activating group) is 1. The van der Waals surface area contributed by atoms with Gasteiger partial charge in [0.1, 0.15) is 4.90 Å². The molecular formula is C13H22N4O2S. The van der Waals surface area contributed by atoms with Crippen LogP contribution in [0.5, 0.6) is 0 Å². The fourth-order valence-electron chi connectivity index (χ4n) is 1.68. The third kappa shape index (κ3) is 4.29. The van der Waals surface area contributed by atoms with Gasteiger partial charge in [-0.05, 0) is 6.54 Å². The molecule has 1 heterocycles. The Bertz CT molecular complexity index is 526. The van der Waals surface area contributed by atoms with Crippen molar-refractivity contribution in [3.8, 4) is 0 Å². The number of nitrogens with zero attached hydrogens (tertiary/aromatic N) is 3. The maximum Gasteiger partial charge on any atom is 0.246 e. The summed E-state index contributed by atoms with van der Waals surface area (Å²) >= 11 is 0. The van der Waals surface area contributed by atoms with Crippen LogP contribution in [0.4, 0.5) is 0 Å². The summed E-state index contributed by atoms with van der Waals surface area (Å²) in [5.41, 5.74) is 0. The largest absolute Gasteiger partial charge is 0.315 e. The highest BCUT2D eigenvalue weighted by molar-refractivity contribution is 7.89. The number of hydrogen-bond donors (Lipinski definition) is 1. The molecule has 0 unspecified atom stereocenters. The SMILES string of the molecule is C=CCN(CC=C)S(=O)(=O)c1cnn(CCNCC)c1. The van der Waals surface area contributed by atoms with Crippen LogP contribution < -0.4 is 5.32 Å². The van der Waals surface area contributed by atoms with Crippen molar-refractivity contribution in [1.29, 1.82) is 0 Å². The zero-order valence-electron chi connectivity index (χ0n) is 11.8. The predicted molar refractivity (Wildman–Crippen MR) is 79.9 cm³/mol. The Kier molecular flexibility index (Phi) is 6.63. The first-order valence-electron chi connectivity index (χ1n) is 6.51. The number of rotatable bonds is 10. The van der Waals surface area contributed by atoms with Gasteiger partial charge in [0, 0.05) is 25.8 Å². The van der Waals surface area contributed by atoms with Gasteiger partial charge >= 0.3 is 0 Å². The fourth-order valence-corrected chi connectivity index (χ4v) is 3.02. The van der Waals surface area contributed by atoms with Crippen LogP contribution >= 0.6 is 0 Å². The van der Waals surface area contributed by atoms with Crippen molar-refractivity contribution in [3.05, 3.63) is 37.7 Å². The second-order valence-corrected chi connectivity index (χ2v) is 6.13. The number of aromatic nitrogens is 2. The van der Waals surface area contributed by atoms with Gasteiger partial charge in [0.25, 0.3) is 0 Å². The van der Waals surface area contributed by atoms with E-state index in [-0.39, 0.29) is 18.0 Å². The molecule has 7 heteroatoms. The summed E-state index contributed by atoms with van der Waals surface area (Å²) in [4.78, 5) is 0.192. The van der Waals surface area contributed by atoms with Crippen molar-refractivity contribution < 1.29 is 8.42 Å². The molecule has 1 rings (SSSR count). The molecule has 0 radical (unpaired) electrons. The van der Waals surface area contributed by atoms with Crippen LogP contribution in [0.2, 0.25) is 0 Å². The Morgan fingerprint density at radius 1 is 1.40 bits per heavy atom. The zero-order chi connectivity index (χ0) is 15.0. The lowest BCUT2D eigenvalue weighted by molar-refractivity contribution is 0.474. The van der Waals surface area contributed by atoms with Crippen LogP contribution in [0.3, 0.4) is 0 Å². The number of sulfonamides is 1. The van der Waals surface area contributed by atoms with Gasteiger partial charge in [0.2, 0.25) is 10.0 Å². The Balaban J connectivity index is 2.85. The van der Waals surface area contributed by atoms with E-state index in [0.29, 0.717) is 6.54 Å². The number of hydrogen-bond acceptors (Lipinski definition) is 4. The molecular weight excluding hydrogens is 276 g/mol. The van der Waals surface area contributed by atoms with Gasteiger partial charge in [-0.25, -0.2) is 8.42 Å². The smallest absolute Gasteiger partial charge is 0.246 e. The lowest BCUT2D eigenvalue weighted by atomic mass is 10.5. The molecule has 20 heavy (non-hydrogen) atoms. The molecule has 0 saturated heterocycles. The Labute approximate surface area is 120 Å². The minimum Gasteiger partial charge on any atom is -0.315 e. The first kappa shape index (κ1) is 16.6. The lowest BCUT2D eigenvalue weighted by Gasteiger charge is -2.17. The van der Waals surface area contributed by atoms with Crippen molar-refractivity contribution in [2.45, 2.75) is 18.4 Å². The predicted octanol–water partition coefficient (Wildman–Crippen LogP) is 0.855. The first-order chi connectivity index (χ1) is 9.56. The molecule has 0 aliphatic rings. The van der Waals surface area contributed by atoms with Crippen molar-refractivity contribution >= 4 is 10.0 Å². The number of nitrogens with one attached hydrogen (secondary N) is 1. The molecule has 0 aliphatic heterocycles. The zero-order valence-corrected chi connectivity index (χ0v) is 12.6. The van der Waals surface area contributed by atoms with E-state index >= 15 is 0 Å². The normalized spacial score (nSPS) is 11.7. The van der Waals surface area contributed by atoms with Crippen LogP contribution in [-0.4, -0.2) is 48.7 Å². The minimum absolute atomic E-state index is 0.192. The standard InChI is InChI=1S/C13H22N4O2S/c1-4-8-17(9-5-2)20(18,19)13-11-15-16(12-13)10-7-14-6-3/h4-5,11-12,14H,1-2,6-10H2,3H3. The molecule has 0 fully saturated rings. The molecule has 0 amide bonds. The summed E-state index contributed by atoms with van der Waals surface area (Å²) in [7, 11) is -3.55. The molecule has 1 N–H and O–H groups in total. The molecule has 6 nitrogen and oxygen atoms in total. The van der Waals surface area contributed by atoms with Gasteiger partial charge in [-0.1, -0.05) is 19.1 Å². The van der Waals surface area contributed by atoms with E-state index in [9.17, 15) is 8.42 Å². The van der Waals surface area contributed by atoms with Gasteiger partial charge in [0.15, 0.2) is 0 Å². The van der Waals surface area contributed by atoms with Crippen LogP contribution in [0.25, 0.3) is 0 Å². The third-order valence-corrected chi connectivity index (χ3v) is 4.46. The van der Waals surface area contributed by atoms with Crippen molar-refractivity contribution in [1.82, 2.24) is 19.4 Å². The Morgan fingerprint density at radius 3 is 2.60 bits per heavy atom. The molecule has 0 saturated carbocycles. The van der Waals surface area contributed by atoms with Gasteiger partial charge < -0.3 is 5.32 Å². The van der Waals surface area contributed by atoms with Crippen molar-refractivity contribution in [2.24, 2.45) is 0 Å². The van der Waals surface area contributed by atoms with Gasteiger partial charge in [-0.15, -0.1) is 13.2 Å². The van der Waals surface area contributed by atoms with E-state index in [1.165, 1.54) is 10.5 Å². The minimum atomic E-state index is -3.55. The summed E-state index contributed by atoms with van der Waals surface area (Å²) in [5.74, 6) is 0. The quantitative estimate of drug-likeness (QED) is 0.514. The van der Waals surface area contributed by atoms with Crippen molar-refractivity contribution in [3.63, 3.8) is 0 Å². The van der Waals surface area contributed by atoms with Gasteiger partial charge in [-0.2, -0.15) is 9.40 Å². The molecule has 112 valence electrons.